The molecule has 0 radical (unpaired) electrons. The number of fused-ring (bicyclic) bond motifs is 1. The first-order valence-corrected chi connectivity index (χ1v) is 7.94. The van der Waals surface area contributed by atoms with Crippen molar-refractivity contribution in [1.82, 2.24) is 9.55 Å². The van der Waals surface area contributed by atoms with E-state index in [1.54, 1.807) is 19.1 Å². The molecule has 8 nitrogen and oxygen atoms in total. The summed E-state index contributed by atoms with van der Waals surface area (Å²) in [6.45, 7) is 1.87. The highest BCUT2D eigenvalue weighted by Crippen LogP contribution is 2.29. The van der Waals surface area contributed by atoms with E-state index in [0.29, 0.717) is 0 Å². The van der Waals surface area contributed by atoms with Crippen molar-refractivity contribution in [2.75, 3.05) is 6.61 Å². The van der Waals surface area contributed by atoms with Crippen LogP contribution in [0.2, 0.25) is 5.02 Å². The van der Waals surface area contributed by atoms with Crippen LogP contribution in [0.4, 0.5) is 5.69 Å². The Bertz CT molecular complexity index is 1090. The SMILES string of the molecule is CCOC(=O)c1cccc(-n2c(=O)c([N+](=O)[O-])c(Cl)c3cccnc32)c1. The zero-order valence-electron chi connectivity index (χ0n) is 13.5. The van der Waals surface area contributed by atoms with E-state index in [2.05, 4.69) is 4.98 Å². The number of aromatic nitrogens is 2. The zero-order valence-corrected chi connectivity index (χ0v) is 14.3. The lowest BCUT2D eigenvalue weighted by Crippen LogP contribution is -2.23. The molecule has 3 rings (SSSR count). The Morgan fingerprint density at radius 3 is 2.81 bits per heavy atom. The van der Waals surface area contributed by atoms with Gasteiger partial charge in [-0.15, -0.1) is 0 Å². The molecule has 26 heavy (non-hydrogen) atoms. The third-order valence-electron chi connectivity index (χ3n) is 3.65. The second kappa shape index (κ2) is 6.93. The lowest BCUT2D eigenvalue weighted by Gasteiger charge is -2.11. The first kappa shape index (κ1) is 17.6. The summed E-state index contributed by atoms with van der Waals surface area (Å²) in [5.74, 6) is -0.567. The molecule has 0 aliphatic carbocycles. The summed E-state index contributed by atoms with van der Waals surface area (Å²) in [4.78, 5) is 39.3. The smallest absolute Gasteiger partial charge is 0.353 e. The first-order valence-electron chi connectivity index (χ1n) is 7.57. The molecule has 0 amide bonds. The summed E-state index contributed by atoms with van der Waals surface area (Å²) in [5, 5.41) is 11.3. The first-order chi connectivity index (χ1) is 12.5. The monoisotopic (exact) mass is 373 g/mol. The minimum absolute atomic E-state index is 0.147. The van der Waals surface area contributed by atoms with Crippen LogP contribution in [0, 0.1) is 10.1 Å². The Kier molecular flexibility index (Phi) is 4.68. The van der Waals surface area contributed by atoms with E-state index < -0.39 is 22.1 Å². The predicted molar refractivity (Wildman–Crippen MR) is 95.0 cm³/mol. The molecule has 1 aromatic carbocycles. The predicted octanol–water partition coefficient (Wildman–Crippen LogP) is 3.12. The number of hydrogen-bond donors (Lipinski definition) is 0. The number of hydrogen-bond acceptors (Lipinski definition) is 6. The number of nitro groups is 1. The van der Waals surface area contributed by atoms with Crippen LogP contribution in [0.15, 0.2) is 47.4 Å². The van der Waals surface area contributed by atoms with Gasteiger partial charge in [-0.3, -0.25) is 19.5 Å². The molecule has 0 bridgehead atoms. The summed E-state index contributed by atoms with van der Waals surface area (Å²) in [7, 11) is 0. The number of nitrogens with zero attached hydrogens (tertiary/aromatic N) is 3. The summed E-state index contributed by atoms with van der Waals surface area (Å²) >= 11 is 6.06. The Morgan fingerprint density at radius 2 is 2.12 bits per heavy atom. The van der Waals surface area contributed by atoms with Crippen LogP contribution in [0.3, 0.4) is 0 Å². The van der Waals surface area contributed by atoms with Crippen LogP contribution >= 0.6 is 11.6 Å². The Morgan fingerprint density at radius 1 is 1.35 bits per heavy atom. The molecule has 0 aliphatic rings. The largest absolute Gasteiger partial charge is 0.462 e. The molecular weight excluding hydrogens is 362 g/mol. The average Bonchev–Trinajstić information content (AvgIpc) is 2.62. The van der Waals surface area contributed by atoms with Crippen molar-refractivity contribution in [3.05, 3.63) is 73.6 Å². The van der Waals surface area contributed by atoms with Crippen LogP contribution in [0.1, 0.15) is 17.3 Å². The van der Waals surface area contributed by atoms with Gasteiger partial charge in [0.25, 0.3) is 0 Å². The van der Waals surface area contributed by atoms with Crippen molar-refractivity contribution < 1.29 is 14.5 Å². The molecular formula is C17H12ClN3O5. The van der Waals surface area contributed by atoms with Crippen molar-refractivity contribution in [3.63, 3.8) is 0 Å². The lowest BCUT2D eigenvalue weighted by atomic mass is 10.2. The van der Waals surface area contributed by atoms with E-state index >= 15 is 0 Å². The van der Waals surface area contributed by atoms with Gasteiger partial charge >= 0.3 is 17.2 Å². The normalized spacial score (nSPS) is 10.7. The van der Waals surface area contributed by atoms with Gasteiger partial charge in [0.1, 0.15) is 10.7 Å². The molecule has 0 saturated heterocycles. The molecule has 0 aliphatic heterocycles. The highest BCUT2D eigenvalue weighted by Gasteiger charge is 2.26. The van der Waals surface area contributed by atoms with Crippen molar-refractivity contribution in [3.8, 4) is 5.69 Å². The van der Waals surface area contributed by atoms with Gasteiger partial charge in [-0.05, 0) is 37.3 Å². The molecule has 0 N–H and O–H groups in total. The topological polar surface area (TPSA) is 104 Å². The number of rotatable bonds is 4. The van der Waals surface area contributed by atoms with Crippen molar-refractivity contribution in [1.29, 1.82) is 0 Å². The van der Waals surface area contributed by atoms with Gasteiger partial charge in [0.05, 0.1) is 22.8 Å². The third kappa shape index (κ3) is 2.91. The second-order valence-corrected chi connectivity index (χ2v) is 5.58. The number of carbonyl (C=O) groups excluding carboxylic acids is 1. The Hall–Kier alpha value is -3.26. The van der Waals surface area contributed by atoms with Crippen LogP contribution < -0.4 is 5.56 Å². The number of carbonyl (C=O) groups is 1. The van der Waals surface area contributed by atoms with E-state index in [0.717, 1.165) is 4.57 Å². The second-order valence-electron chi connectivity index (χ2n) is 5.21. The van der Waals surface area contributed by atoms with Crippen molar-refractivity contribution in [2.45, 2.75) is 6.92 Å². The number of benzene rings is 1. The average molecular weight is 374 g/mol. The van der Waals surface area contributed by atoms with Gasteiger partial charge in [0.15, 0.2) is 0 Å². The Labute approximate surface area is 151 Å². The standard InChI is InChI=1S/C17H12ClN3O5/c1-2-26-17(23)10-5-3-6-11(9-10)20-15-12(7-4-8-19-15)13(18)14(16(20)22)21(24)25/h3-9H,2H2,1H3. The minimum atomic E-state index is -0.938. The van der Waals surface area contributed by atoms with E-state index in [1.807, 2.05) is 0 Å². The highest BCUT2D eigenvalue weighted by atomic mass is 35.5. The van der Waals surface area contributed by atoms with Gasteiger partial charge in [-0.1, -0.05) is 17.7 Å². The number of pyridine rings is 2. The molecule has 2 heterocycles. The van der Waals surface area contributed by atoms with Crippen LogP contribution in [0.5, 0.6) is 0 Å². The molecule has 0 spiro atoms. The molecule has 0 atom stereocenters. The van der Waals surface area contributed by atoms with Crippen LogP contribution in [-0.2, 0) is 4.74 Å². The van der Waals surface area contributed by atoms with Gasteiger partial charge in [-0.2, -0.15) is 0 Å². The molecule has 0 saturated carbocycles. The lowest BCUT2D eigenvalue weighted by molar-refractivity contribution is -0.386. The number of ether oxygens (including phenoxy) is 1. The van der Waals surface area contributed by atoms with Crippen LogP contribution in [-0.4, -0.2) is 27.1 Å². The highest BCUT2D eigenvalue weighted by molar-refractivity contribution is 6.37. The van der Waals surface area contributed by atoms with E-state index in [-0.39, 0.29) is 33.9 Å². The summed E-state index contributed by atoms with van der Waals surface area (Å²) in [6, 6.07) is 9.10. The maximum absolute atomic E-state index is 12.7. The fourth-order valence-corrected chi connectivity index (χ4v) is 2.85. The molecule has 3 aromatic rings. The number of halogens is 1. The summed E-state index contributed by atoms with van der Waals surface area (Å²) in [6.07, 6.45) is 1.44. The maximum Gasteiger partial charge on any atom is 0.353 e. The molecule has 2 aromatic heterocycles. The Balaban J connectivity index is 2.36. The van der Waals surface area contributed by atoms with Crippen molar-refractivity contribution in [2.24, 2.45) is 0 Å². The van der Waals surface area contributed by atoms with Gasteiger partial charge in [-0.25, -0.2) is 9.78 Å². The summed E-state index contributed by atoms with van der Waals surface area (Å²) in [5.41, 5.74) is -1.10. The van der Waals surface area contributed by atoms with Gasteiger partial charge < -0.3 is 4.74 Å². The van der Waals surface area contributed by atoms with Crippen LogP contribution in [0.25, 0.3) is 16.7 Å². The van der Waals surface area contributed by atoms with E-state index in [9.17, 15) is 19.7 Å². The molecule has 0 unspecified atom stereocenters. The van der Waals surface area contributed by atoms with Gasteiger partial charge in [0, 0.05) is 11.6 Å². The fraction of sp³-hybridized carbons (Fsp3) is 0.118. The molecule has 132 valence electrons. The fourth-order valence-electron chi connectivity index (χ4n) is 2.55. The molecule has 9 heteroatoms. The zero-order chi connectivity index (χ0) is 18.8. The van der Waals surface area contributed by atoms with E-state index in [1.165, 1.54) is 30.5 Å². The maximum atomic E-state index is 12.7. The quantitative estimate of drug-likeness (QED) is 0.395. The minimum Gasteiger partial charge on any atom is -0.462 e. The van der Waals surface area contributed by atoms with Crippen molar-refractivity contribution >= 4 is 34.3 Å². The number of esters is 1. The van der Waals surface area contributed by atoms with Gasteiger partial charge in [0.2, 0.25) is 0 Å². The molecule has 0 fully saturated rings. The van der Waals surface area contributed by atoms with E-state index in [4.69, 9.17) is 16.3 Å². The summed E-state index contributed by atoms with van der Waals surface area (Å²) < 4.78 is 6.00. The third-order valence-corrected chi connectivity index (χ3v) is 4.03.